The summed E-state index contributed by atoms with van der Waals surface area (Å²) in [6, 6.07) is 0. The molecule has 0 aliphatic rings. The molecule has 0 heterocycles. The molecule has 10 heteroatoms. The molecule has 0 aromatic rings. The Morgan fingerprint density at radius 2 is 1.00 bits per heavy atom. The van der Waals surface area contributed by atoms with Crippen molar-refractivity contribution in [3.05, 3.63) is 50.6 Å². The zero-order valence-corrected chi connectivity index (χ0v) is 22.6. The smallest absolute Gasteiger partial charge is 0.244 e. The predicted octanol–water partition coefficient (Wildman–Crippen LogP) is 2.17. The Kier molecular flexibility index (Phi) is 21.2. The first-order valence-corrected chi connectivity index (χ1v) is 13.0. The van der Waals surface area contributed by atoms with E-state index in [0.717, 1.165) is 12.8 Å². The van der Waals surface area contributed by atoms with Gasteiger partial charge < -0.3 is 30.2 Å². The van der Waals surface area contributed by atoms with E-state index in [0.29, 0.717) is 65.0 Å². The van der Waals surface area contributed by atoms with Crippen LogP contribution in [0.3, 0.4) is 0 Å². The van der Waals surface area contributed by atoms with E-state index >= 15 is 0 Å². The fourth-order valence-electron chi connectivity index (χ4n) is 3.18. The molecule has 0 radical (unpaired) electrons. The molecule has 0 aromatic heterocycles. The molecule has 0 aliphatic heterocycles. The number of nitrogens with one attached hydrogen (secondary N) is 3. The third-order valence-electron chi connectivity index (χ3n) is 5.30. The van der Waals surface area contributed by atoms with E-state index < -0.39 is 5.54 Å². The second-order valence-corrected chi connectivity index (χ2v) is 8.66. The summed E-state index contributed by atoms with van der Waals surface area (Å²) in [7, 11) is 0. The minimum Gasteiger partial charge on any atom is -0.379 e. The summed E-state index contributed by atoms with van der Waals surface area (Å²) in [6.07, 6.45) is 9.58. The first-order chi connectivity index (χ1) is 18.3. The maximum absolute atomic E-state index is 12.3. The Morgan fingerprint density at radius 1 is 0.579 bits per heavy atom. The average molecular weight is 536 g/mol. The molecule has 3 amide bonds. The van der Waals surface area contributed by atoms with Crippen LogP contribution in [-0.4, -0.2) is 81.8 Å². The van der Waals surface area contributed by atoms with Crippen molar-refractivity contribution < 1.29 is 33.4 Å². The van der Waals surface area contributed by atoms with Gasteiger partial charge in [0.25, 0.3) is 0 Å². The molecule has 10 nitrogen and oxygen atoms in total. The molecule has 0 rings (SSSR count). The van der Waals surface area contributed by atoms with E-state index in [1.54, 1.807) is 0 Å². The minimum atomic E-state index is -0.948. The monoisotopic (exact) mass is 535 g/mol. The van der Waals surface area contributed by atoms with E-state index in [1.165, 1.54) is 24.3 Å². The lowest BCUT2D eigenvalue weighted by atomic mass is 10.0. The van der Waals surface area contributed by atoms with Crippen molar-refractivity contribution in [1.82, 2.24) is 16.0 Å². The average Bonchev–Trinajstić information content (AvgIpc) is 2.92. The van der Waals surface area contributed by atoms with Crippen molar-refractivity contribution in [2.75, 3.05) is 52.7 Å². The quantitative estimate of drug-likeness (QED) is 0.114. The summed E-state index contributed by atoms with van der Waals surface area (Å²) in [5, 5.41) is 8.34. The highest BCUT2D eigenvalue weighted by atomic mass is 16.5. The van der Waals surface area contributed by atoms with Crippen LogP contribution in [0.1, 0.15) is 44.9 Å². The molecule has 0 unspecified atom stereocenters. The Balaban J connectivity index is 4.88. The lowest BCUT2D eigenvalue weighted by molar-refractivity contribution is -0.123. The number of allylic oxidation sites excluding steroid dienone is 1. The zero-order chi connectivity index (χ0) is 28.5. The predicted molar refractivity (Wildman–Crippen MR) is 147 cm³/mol. The van der Waals surface area contributed by atoms with E-state index in [1.807, 2.05) is 0 Å². The molecule has 0 saturated carbocycles. The van der Waals surface area contributed by atoms with E-state index in [-0.39, 0.29) is 43.3 Å². The largest absolute Gasteiger partial charge is 0.379 e. The molecule has 0 saturated heterocycles. The van der Waals surface area contributed by atoms with Crippen LogP contribution in [0, 0.1) is 0 Å². The second kappa shape index (κ2) is 23.1. The fourth-order valence-corrected chi connectivity index (χ4v) is 3.18. The van der Waals surface area contributed by atoms with Gasteiger partial charge in [-0.15, -0.1) is 0 Å². The lowest BCUT2D eigenvalue weighted by Crippen LogP contribution is -2.58. The molecule has 214 valence electrons. The summed E-state index contributed by atoms with van der Waals surface area (Å²) >= 11 is 0. The number of ether oxygens (including phenoxy) is 3. The van der Waals surface area contributed by atoms with Gasteiger partial charge in [-0.3, -0.25) is 19.2 Å². The molecule has 0 fully saturated rings. The van der Waals surface area contributed by atoms with Gasteiger partial charge >= 0.3 is 0 Å². The second-order valence-electron chi connectivity index (χ2n) is 8.66. The Morgan fingerprint density at radius 3 is 1.39 bits per heavy atom. The number of amides is 3. The molecule has 38 heavy (non-hydrogen) atoms. The zero-order valence-electron chi connectivity index (χ0n) is 22.6. The van der Waals surface area contributed by atoms with Gasteiger partial charge in [-0.05, 0) is 62.8 Å². The molecule has 0 bridgehead atoms. The third-order valence-corrected chi connectivity index (χ3v) is 5.30. The van der Waals surface area contributed by atoms with Crippen LogP contribution in [-0.2, 0) is 33.4 Å². The van der Waals surface area contributed by atoms with Gasteiger partial charge in [-0.1, -0.05) is 26.3 Å². The van der Waals surface area contributed by atoms with Gasteiger partial charge in [0.05, 0.1) is 19.8 Å². The summed E-state index contributed by atoms with van der Waals surface area (Å²) in [6.45, 7) is 16.5. The molecule has 0 spiro atoms. The van der Waals surface area contributed by atoms with Gasteiger partial charge in [0, 0.05) is 39.3 Å². The van der Waals surface area contributed by atoms with Gasteiger partial charge in [0.2, 0.25) is 17.7 Å². The van der Waals surface area contributed by atoms with Crippen LogP contribution in [0.25, 0.3) is 0 Å². The molecule has 0 aliphatic carbocycles. The summed E-state index contributed by atoms with van der Waals surface area (Å²) < 4.78 is 17.6. The summed E-state index contributed by atoms with van der Waals surface area (Å²) in [4.78, 5) is 46.1. The van der Waals surface area contributed by atoms with Gasteiger partial charge in [-0.25, -0.2) is 0 Å². The number of unbranched alkanes of at least 4 members (excludes halogenated alkanes) is 3. The first-order valence-electron chi connectivity index (χ1n) is 13.0. The Hall–Kier alpha value is -3.08. The van der Waals surface area contributed by atoms with Crippen LogP contribution in [0.2, 0.25) is 0 Å². The summed E-state index contributed by atoms with van der Waals surface area (Å²) in [5.41, 5.74) is -0.948. The number of hydrogen-bond donors (Lipinski definition) is 3. The van der Waals surface area contributed by atoms with Gasteiger partial charge in [0.15, 0.2) is 5.78 Å². The number of carbonyl (C=O) groups excluding carboxylic acids is 4. The molecule has 0 atom stereocenters. The van der Waals surface area contributed by atoms with Gasteiger partial charge in [-0.2, -0.15) is 0 Å². The Bertz CT molecular complexity index is 734. The van der Waals surface area contributed by atoms with Crippen LogP contribution in [0.5, 0.6) is 0 Å². The standard InChI is InChI=1S/C28H45N3O7/c1-5-24(32)15-9-12-18-36-21-28(31-27(35)8-4,22-37-19-13-10-16-29-25(33)6-2)23-38-20-14-11-17-30-26(34)7-3/h5-8H,1-4,9-23H2,(H,29,33)(H,30,34)(H,31,35). The van der Waals surface area contributed by atoms with E-state index in [4.69, 9.17) is 14.2 Å². The highest BCUT2D eigenvalue weighted by molar-refractivity contribution is 5.89. The van der Waals surface area contributed by atoms with Crippen molar-refractivity contribution >= 4 is 23.5 Å². The van der Waals surface area contributed by atoms with E-state index in [2.05, 4.69) is 42.3 Å². The number of carbonyl (C=O) groups is 4. The highest BCUT2D eigenvalue weighted by Crippen LogP contribution is 2.11. The summed E-state index contributed by atoms with van der Waals surface area (Å²) in [5.74, 6) is -0.823. The van der Waals surface area contributed by atoms with Crippen LogP contribution in [0.15, 0.2) is 50.6 Å². The topological polar surface area (TPSA) is 132 Å². The van der Waals surface area contributed by atoms with Crippen LogP contribution < -0.4 is 16.0 Å². The van der Waals surface area contributed by atoms with E-state index in [9.17, 15) is 19.2 Å². The van der Waals surface area contributed by atoms with Crippen molar-refractivity contribution in [2.45, 2.75) is 50.5 Å². The molecule has 0 aromatic carbocycles. The first kappa shape index (κ1) is 34.9. The van der Waals surface area contributed by atoms with Gasteiger partial charge in [0.1, 0.15) is 5.54 Å². The maximum atomic E-state index is 12.3. The van der Waals surface area contributed by atoms with Crippen molar-refractivity contribution in [2.24, 2.45) is 0 Å². The number of hydrogen-bond acceptors (Lipinski definition) is 7. The molecular weight excluding hydrogens is 490 g/mol. The number of rotatable bonds is 26. The van der Waals surface area contributed by atoms with Crippen molar-refractivity contribution in [1.29, 1.82) is 0 Å². The van der Waals surface area contributed by atoms with Crippen LogP contribution >= 0.6 is 0 Å². The number of ketones is 1. The SMILES string of the molecule is C=CC(=O)CCCCOCC(COCCCCNC(=O)C=C)(COCCCCNC(=O)C=C)NC(=O)C=C. The van der Waals surface area contributed by atoms with Crippen LogP contribution in [0.4, 0.5) is 0 Å². The molecular formula is C28H45N3O7. The highest BCUT2D eigenvalue weighted by Gasteiger charge is 2.33. The normalized spacial score (nSPS) is 10.7. The van der Waals surface area contributed by atoms with Crippen molar-refractivity contribution in [3.63, 3.8) is 0 Å². The third kappa shape index (κ3) is 19.1. The van der Waals surface area contributed by atoms with Crippen molar-refractivity contribution in [3.8, 4) is 0 Å². The molecule has 3 N–H and O–H groups in total. The Labute approximate surface area is 226 Å². The lowest BCUT2D eigenvalue weighted by Gasteiger charge is -2.34. The minimum absolute atomic E-state index is 0.00694. The fraction of sp³-hybridized carbons (Fsp3) is 0.571. The maximum Gasteiger partial charge on any atom is 0.244 e.